The predicted molar refractivity (Wildman–Crippen MR) is 91.1 cm³/mol. The normalized spacial score (nSPS) is 19.1. The van der Waals surface area contributed by atoms with E-state index in [0.717, 1.165) is 22.7 Å². The van der Waals surface area contributed by atoms with Crippen LogP contribution in [-0.2, 0) is 9.59 Å². The van der Waals surface area contributed by atoms with Crippen LogP contribution >= 0.6 is 11.8 Å². The summed E-state index contributed by atoms with van der Waals surface area (Å²) < 4.78 is 0. The number of hydrogen-bond donors (Lipinski definition) is 2. The van der Waals surface area contributed by atoms with Crippen molar-refractivity contribution in [3.05, 3.63) is 29.8 Å². The second-order valence-corrected chi connectivity index (χ2v) is 6.92. The third-order valence-electron chi connectivity index (χ3n) is 3.49. The standard InChI is InChI=1S/C16H21N3O2S/c1-4-22-11(3)16(21)17-13-7-5-12(6-8-13)15-10(2)9-14(20)18-19-15/h5-8,10-11H,4,9H2,1-3H3,(H,17,21)(H,18,20). The number of benzene rings is 1. The zero-order valence-electron chi connectivity index (χ0n) is 13.1. The molecule has 5 nitrogen and oxygen atoms in total. The molecule has 1 aliphatic rings. The van der Waals surface area contributed by atoms with Crippen molar-refractivity contribution < 1.29 is 9.59 Å². The zero-order chi connectivity index (χ0) is 16.1. The molecule has 1 aromatic carbocycles. The quantitative estimate of drug-likeness (QED) is 0.876. The van der Waals surface area contributed by atoms with Crippen molar-refractivity contribution in [1.82, 2.24) is 5.43 Å². The Bertz CT molecular complexity index is 584. The third-order valence-corrected chi connectivity index (χ3v) is 4.54. The maximum absolute atomic E-state index is 12.0. The third kappa shape index (κ3) is 4.10. The SMILES string of the molecule is CCSC(C)C(=O)Nc1ccc(C2=NNC(=O)CC2C)cc1. The molecule has 118 valence electrons. The molecule has 0 saturated heterocycles. The number of carbonyl (C=O) groups is 2. The first-order valence-electron chi connectivity index (χ1n) is 7.40. The fourth-order valence-corrected chi connectivity index (χ4v) is 3.01. The molecule has 2 N–H and O–H groups in total. The van der Waals surface area contributed by atoms with Gasteiger partial charge >= 0.3 is 0 Å². The summed E-state index contributed by atoms with van der Waals surface area (Å²) in [6.45, 7) is 5.92. The first-order chi connectivity index (χ1) is 10.5. The lowest BCUT2D eigenvalue weighted by Gasteiger charge is -2.19. The number of carbonyl (C=O) groups excluding carboxylic acids is 2. The van der Waals surface area contributed by atoms with E-state index in [1.54, 1.807) is 11.8 Å². The van der Waals surface area contributed by atoms with Crippen LogP contribution in [0.5, 0.6) is 0 Å². The molecular formula is C16H21N3O2S. The molecule has 0 aliphatic carbocycles. The van der Waals surface area contributed by atoms with Gasteiger partial charge in [-0.05, 0) is 30.4 Å². The molecule has 1 aromatic rings. The van der Waals surface area contributed by atoms with Crippen molar-refractivity contribution in [3.8, 4) is 0 Å². The van der Waals surface area contributed by atoms with Crippen LogP contribution in [0.3, 0.4) is 0 Å². The number of nitrogens with one attached hydrogen (secondary N) is 2. The van der Waals surface area contributed by atoms with Crippen molar-refractivity contribution in [2.75, 3.05) is 11.1 Å². The Morgan fingerprint density at radius 2 is 2.14 bits per heavy atom. The van der Waals surface area contributed by atoms with E-state index < -0.39 is 0 Å². The van der Waals surface area contributed by atoms with Crippen molar-refractivity contribution in [1.29, 1.82) is 0 Å². The van der Waals surface area contributed by atoms with Crippen LogP contribution in [0, 0.1) is 5.92 Å². The van der Waals surface area contributed by atoms with Gasteiger partial charge in [0.1, 0.15) is 0 Å². The summed E-state index contributed by atoms with van der Waals surface area (Å²) in [4.78, 5) is 23.2. The number of rotatable bonds is 5. The van der Waals surface area contributed by atoms with Gasteiger partial charge in [0, 0.05) is 18.0 Å². The molecule has 0 spiro atoms. The van der Waals surface area contributed by atoms with E-state index in [1.807, 2.05) is 45.0 Å². The fraction of sp³-hybridized carbons (Fsp3) is 0.438. The molecule has 0 aromatic heterocycles. The first-order valence-corrected chi connectivity index (χ1v) is 8.45. The summed E-state index contributed by atoms with van der Waals surface area (Å²) in [6.07, 6.45) is 0.447. The van der Waals surface area contributed by atoms with Gasteiger partial charge in [-0.2, -0.15) is 5.10 Å². The molecule has 0 bridgehead atoms. The van der Waals surface area contributed by atoms with Crippen LogP contribution in [0.1, 0.15) is 32.8 Å². The molecule has 6 heteroatoms. The van der Waals surface area contributed by atoms with E-state index in [1.165, 1.54) is 0 Å². The Balaban J connectivity index is 2.04. The topological polar surface area (TPSA) is 70.6 Å². The molecule has 0 fully saturated rings. The van der Waals surface area contributed by atoms with Crippen LogP contribution in [0.15, 0.2) is 29.4 Å². The molecule has 2 rings (SSSR count). The molecule has 2 amide bonds. The number of thioether (sulfide) groups is 1. The second-order valence-electron chi connectivity index (χ2n) is 5.30. The predicted octanol–water partition coefficient (Wildman–Crippen LogP) is 2.63. The van der Waals surface area contributed by atoms with Gasteiger partial charge in [-0.1, -0.05) is 26.0 Å². The van der Waals surface area contributed by atoms with Gasteiger partial charge in [0.15, 0.2) is 0 Å². The van der Waals surface area contributed by atoms with Crippen LogP contribution in [0.2, 0.25) is 0 Å². The number of hydrazone groups is 1. The summed E-state index contributed by atoms with van der Waals surface area (Å²) in [5.41, 5.74) is 5.11. The van der Waals surface area contributed by atoms with Crippen molar-refractivity contribution >= 4 is 35.0 Å². The largest absolute Gasteiger partial charge is 0.325 e. The van der Waals surface area contributed by atoms with Crippen LogP contribution < -0.4 is 10.7 Å². The maximum atomic E-state index is 12.0. The highest BCUT2D eigenvalue weighted by Gasteiger charge is 2.21. The van der Waals surface area contributed by atoms with Gasteiger partial charge in [-0.15, -0.1) is 11.8 Å². The number of anilines is 1. The van der Waals surface area contributed by atoms with Crippen LogP contribution in [-0.4, -0.2) is 28.5 Å². The van der Waals surface area contributed by atoms with Crippen molar-refractivity contribution in [2.45, 2.75) is 32.4 Å². The van der Waals surface area contributed by atoms with E-state index in [-0.39, 0.29) is 23.0 Å². The summed E-state index contributed by atoms with van der Waals surface area (Å²) in [5.74, 6) is 0.963. The van der Waals surface area contributed by atoms with Crippen LogP contribution in [0.25, 0.3) is 0 Å². The van der Waals surface area contributed by atoms with E-state index in [9.17, 15) is 9.59 Å². The molecule has 0 saturated carbocycles. The van der Waals surface area contributed by atoms with Gasteiger partial charge in [0.2, 0.25) is 11.8 Å². The van der Waals surface area contributed by atoms with Gasteiger partial charge in [-0.3, -0.25) is 9.59 Å². The Morgan fingerprint density at radius 3 is 2.73 bits per heavy atom. The minimum atomic E-state index is -0.0670. The number of nitrogens with zero attached hydrogens (tertiary/aromatic N) is 1. The maximum Gasteiger partial charge on any atom is 0.240 e. The smallest absolute Gasteiger partial charge is 0.240 e. The summed E-state index contributed by atoms with van der Waals surface area (Å²) in [7, 11) is 0. The van der Waals surface area contributed by atoms with E-state index in [0.29, 0.717) is 6.42 Å². The second kappa shape index (κ2) is 7.45. The fourth-order valence-electron chi connectivity index (χ4n) is 2.30. The monoisotopic (exact) mass is 319 g/mol. The molecular weight excluding hydrogens is 298 g/mol. The lowest BCUT2D eigenvalue weighted by Crippen LogP contribution is -2.31. The van der Waals surface area contributed by atoms with E-state index in [2.05, 4.69) is 15.8 Å². The Kier molecular flexibility index (Phi) is 5.60. The van der Waals surface area contributed by atoms with Crippen molar-refractivity contribution in [2.24, 2.45) is 11.0 Å². The van der Waals surface area contributed by atoms with Gasteiger partial charge in [0.25, 0.3) is 0 Å². The van der Waals surface area contributed by atoms with Crippen LogP contribution in [0.4, 0.5) is 5.69 Å². The number of hydrogen-bond acceptors (Lipinski definition) is 4. The summed E-state index contributed by atoms with van der Waals surface area (Å²) >= 11 is 1.61. The van der Waals surface area contributed by atoms with Gasteiger partial charge in [-0.25, -0.2) is 5.43 Å². The Labute approximate surface area is 134 Å². The molecule has 22 heavy (non-hydrogen) atoms. The lowest BCUT2D eigenvalue weighted by molar-refractivity contribution is -0.122. The molecule has 0 radical (unpaired) electrons. The molecule has 1 aliphatic heterocycles. The zero-order valence-corrected chi connectivity index (χ0v) is 13.9. The minimum Gasteiger partial charge on any atom is -0.325 e. The van der Waals surface area contributed by atoms with Gasteiger partial charge < -0.3 is 5.32 Å². The number of amides is 2. The molecule has 2 unspecified atom stereocenters. The lowest BCUT2D eigenvalue weighted by atomic mass is 9.94. The molecule has 2 atom stereocenters. The highest BCUT2D eigenvalue weighted by atomic mass is 32.2. The highest BCUT2D eigenvalue weighted by molar-refractivity contribution is 8.00. The first kappa shape index (κ1) is 16.5. The summed E-state index contributed by atoms with van der Waals surface area (Å²) in [5, 5.41) is 6.97. The van der Waals surface area contributed by atoms with Crippen molar-refractivity contribution in [3.63, 3.8) is 0 Å². The Hall–Kier alpha value is -1.82. The molecule has 1 heterocycles. The average Bonchev–Trinajstić information content (AvgIpc) is 2.48. The minimum absolute atomic E-state index is 0.00948. The average molecular weight is 319 g/mol. The highest BCUT2D eigenvalue weighted by Crippen LogP contribution is 2.19. The van der Waals surface area contributed by atoms with Gasteiger partial charge in [0.05, 0.1) is 11.0 Å². The van der Waals surface area contributed by atoms with E-state index in [4.69, 9.17) is 0 Å². The van der Waals surface area contributed by atoms with E-state index >= 15 is 0 Å². The summed E-state index contributed by atoms with van der Waals surface area (Å²) in [6, 6.07) is 7.56. The Morgan fingerprint density at radius 1 is 1.45 bits per heavy atom.